The SMILES string of the molecule is CC1CCNCC1NC(=O)CC12CC3CC(CC(C3)C1)C2. The molecule has 21 heavy (non-hydrogen) atoms. The summed E-state index contributed by atoms with van der Waals surface area (Å²) in [4.78, 5) is 12.6. The number of piperidine rings is 1. The van der Waals surface area contributed by atoms with E-state index < -0.39 is 0 Å². The van der Waals surface area contributed by atoms with Crippen LogP contribution >= 0.6 is 0 Å². The third-order valence-corrected chi connectivity index (χ3v) is 6.87. The summed E-state index contributed by atoms with van der Waals surface area (Å²) in [5, 5.41) is 6.76. The lowest BCUT2D eigenvalue weighted by Crippen LogP contribution is -2.52. The van der Waals surface area contributed by atoms with Gasteiger partial charge in [0.1, 0.15) is 0 Å². The minimum absolute atomic E-state index is 0.331. The predicted octanol–water partition coefficient (Wildman–Crippen LogP) is 2.71. The number of rotatable bonds is 3. The molecule has 0 aromatic heterocycles. The van der Waals surface area contributed by atoms with Crippen LogP contribution in [0, 0.1) is 29.1 Å². The lowest BCUT2D eigenvalue weighted by atomic mass is 9.49. The maximum absolute atomic E-state index is 12.6. The summed E-state index contributed by atoms with van der Waals surface area (Å²) in [6.45, 7) is 4.33. The average molecular weight is 290 g/mol. The fourth-order valence-electron chi connectivity index (χ4n) is 6.29. The first-order valence-corrected chi connectivity index (χ1v) is 9.12. The molecule has 4 aliphatic carbocycles. The van der Waals surface area contributed by atoms with Gasteiger partial charge in [-0.05, 0) is 80.6 Å². The molecule has 3 heteroatoms. The van der Waals surface area contributed by atoms with Gasteiger partial charge in [0.15, 0.2) is 0 Å². The Kier molecular flexibility index (Phi) is 3.52. The quantitative estimate of drug-likeness (QED) is 0.839. The van der Waals surface area contributed by atoms with E-state index in [0.29, 0.717) is 23.3 Å². The first-order chi connectivity index (χ1) is 10.1. The minimum atomic E-state index is 0.331. The number of carbonyl (C=O) groups is 1. The van der Waals surface area contributed by atoms with Gasteiger partial charge in [0.25, 0.3) is 0 Å². The number of nitrogens with one attached hydrogen (secondary N) is 2. The fraction of sp³-hybridized carbons (Fsp3) is 0.944. The van der Waals surface area contributed by atoms with Crippen molar-refractivity contribution in [2.24, 2.45) is 29.1 Å². The van der Waals surface area contributed by atoms with Gasteiger partial charge >= 0.3 is 0 Å². The van der Waals surface area contributed by atoms with Gasteiger partial charge in [-0.2, -0.15) is 0 Å². The number of carbonyl (C=O) groups excluding carboxylic acids is 1. The van der Waals surface area contributed by atoms with Crippen molar-refractivity contribution in [3.8, 4) is 0 Å². The normalized spacial score (nSPS) is 48.3. The second-order valence-electron chi connectivity index (χ2n) is 8.74. The highest BCUT2D eigenvalue weighted by atomic mass is 16.1. The molecule has 5 fully saturated rings. The summed E-state index contributed by atoms with van der Waals surface area (Å²) >= 11 is 0. The molecule has 2 atom stereocenters. The molecule has 2 unspecified atom stereocenters. The first-order valence-electron chi connectivity index (χ1n) is 9.12. The summed E-state index contributed by atoms with van der Waals surface area (Å²) in [6, 6.07) is 0.347. The van der Waals surface area contributed by atoms with E-state index >= 15 is 0 Å². The van der Waals surface area contributed by atoms with E-state index in [2.05, 4.69) is 17.6 Å². The summed E-state index contributed by atoms with van der Waals surface area (Å²) in [6.07, 6.45) is 10.4. The average Bonchev–Trinajstić information content (AvgIpc) is 2.39. The van der Waals surface area contributed by atoms with E-state index in [9.17, 15) is 4.79 Å². The first kappa shape index (κ1) is 14.0. The van der Waals surface area contributed by atoms with Gasteiger partial charge in [0.2, 0.25) is 5.91 Å². The van der Waals surface area contributed by atoms with Crippen LogP contribution in [0.3, 0.4) is 0 Å². The lowest BCUT2D eigenvalue weighted by Gasteiger charge is -2.56. The zero-order chi connectivity index (χ0) is 14.4. The molecular formula is C18H30N2O. The van der Waals surface area contributed by atoms with Crippen LogP contribution in [0.15, 0.2) is 0 Å². The lowest BCUT2D eigenvalue weighted by molar-refractivity contribution is -0.130. The molecule has 0 spiro atoms. The molecule has 1 aliphatic heterocycles. The molecule has 118 valence electrons. The van der Waals surface area contributed by atoms with Crippen LogP contribution in [0.1, 0.15) is 58.3 Å². The van der Waals surface area contributed by atoms with Gasteiger partial charge in [0.05, 0.1) is 0 Å². The van der Waals surface area contributed by atoms with E-state index in [1.165, 1.54) is 44.9 Å². The monoisotopic (exact) mass is 290 g/mol. The van der Waals surface area contributed by atoms with Crippen molar-refractivity contribution in [2.45, 2.75) is 64.3 Å². The number of hydrogen-bond donors (Lipinski definition) is 2. The van der Waals surface area contributed by atoms with Crippen LogP contribution in [0.5, 0.6) is 0 Å². The van der Waals surface area contributed by atoms with Crippen molar-refractivity contribution in [3.63, 3.8) is 0 Å². The smallest absolute Gasteiger partial charge is 0.220 e. The highest BCUT2D eigenvalue weighted by Crippen LogP contribution is 2.61. The van der Waals surface area contributed by atoms with Gasteiger partial charge in [-0.3, -0.25) is 4.79 Å². The zero-order valence-corrected chi connectivity index (χ0v) is 13.4. The molecule has 4 saturated carbocycles. The maximum atomic E-state index is 12.6. The predicted molar refractivity (Wildman–Crippen MR) is 83.8 cm³/mol. The molecule has 0 aromatic rings. The Morgan fingerprint density at radius 2 is 1.76 bits per heavy atom. The molecule has 3 nitrogen and oxygen atoms in total. The molecule has 2 N–H and O–H groups in total. The minimum Gasteiger partial charge on any atom is -0.352 e. The Bertz CT molecular complexity index is 384. The van der Waals surface area contributed by atoms with Gasteiger partial charge < -0.3 is 10.6 Å². The molecule has 0 radical (unpaired) electrons. The van der Waals surface area contributed by atoms with Gasteiger partial charge in [-0.1, -0.05) is 6.92 Å². The Morgan fingerprint density at radius 1 is 1.14 bits per heavy atom. The van der Waals surface area contributed by atoms with E-state index in [1.807, 2.05) is 0 Å². The highest BCUT2D eigenvalue weighted by Gasteiger charge is 2.51. The Hall–Kier alpha value is -0.570. The Labute approximate surface area is 128 Å². The van der Waals surface area contributed by atoms with Crippen molar-refractivity contribution in [2.75, 3.05) is 13.1 Å². The van der Waals surface area contributed by atoms with Gasteiger partial charge in [0, 0.05) is 19.0 Å². The molecule has 1 saturated heterocycles. The largest absolute Gasteiger partial charge is 0.352 e. The second kappa shape index (κ2) is 5.26. The van der Waals surface area contributed by atoms with E-state index in [0.717, 1.165) is 37.3 Å². The molecular weight excluding hydrogens is 260 g/mol. The Balaban J connectivity index is 1.38. The van der Waals surface area contributed by atoms with Crippen LogP contribution in [-0.4, -0.2) is 25.0 Å². The van der Waals surface area contributed by atoms with Crippen molar-refractivity contribution >= 4 is 5.91 Å². The third-order valence-electron chi connectivity index (χ3n) is 6.87. The molecule has 1 heterocycles. The fourth-order valence-corrected chi connectivity index (χ4v) is 6.29. The van der Waals surface area contributed by atoms with E-state index in [-0.39, 0.29) is 0 Å². The van der Waals surface area contributed by atoms with Crippen molar-refractivity contribution in [1.29, 1.82) is 0 Å². The van der Waals surface area contributed by atoms with E-state index in [1.54, 1.807) is 0 Å². The topological polar surface area (TPSA) is 41.1 Å². The summed E-state index contributed by atoms with van der Waals surface area (Å²) in [7, 11) is 0. The van der Waals surface area contributed by atoms with Crippen LogP contribution < -0.4 is 10.6 Å². The van der Waals surface area contributed by atoms with Crippen molar-refractivity contribution in [3.05, 3.63) is 0 Å². The highest BCUT2D eigenvalue weighted by molar-refractivity contribution is 5.77. The third kappa shape index (κ3) is 2.74. The standard InChI is InChI=1S/C18H30N2O/c1-12-2-3-19-11-16(12)20-17(21)10-18-7-13-4-14(8-18)6-15(5-13)9-18/h12-16,19H,2-11H2,1H3,(H,20,21). The molecule has 5 rings (SSSR count). The van der Waals surface area contributed by atoms with Crippen molar-refractivity contribution < 1.29 is 4.79 Å². The van der Waals surface area contributed by atoms with E-state index in [4.69, 9.17) is 0 Å². The van der Waals surface area contributed by atoms with Crippen LogP contribution in [0.4, 0.5) is 0 Å². The summed E-state index contributed by atoms with van der Waals surface area (Å²) in [5.74, 6) is 3.78. The maximum Gasteiger partial charge on any atom is 0.220 e. The zero-order valence-electron chi connectivity index (χ0n) is 13.4. The number of amides is 1. The summed E-state index contributed by atoms with van der Waals surface area (Å²) < 4.78 is 0. The second-order valence-corrected chi connectivity index (χ2v) is 8.74. The number of hydrogen-bond acceptors (Lipinski definition) is 2. The molecule has 4 bridgehead atoms. The van der Waals surface area contributed by atoms with Gasteiger partial charge in [-0.15, -0.1) is 0 Å². The van der Waals surface area contributed by atoms with Crippen LogP contribution in [0.2, 0.25) is 0 Å². The Morgan fingerprint density at radius 3 is 2.33 bits per heavy atom. The van der Waals surface area contributed by atoms with Crippen LogP contribution in [-0.2, 0) is 4.79 Å². The molecule has 1 amide bonds. The molecule has 5 aliphatic rings. The van der Waals surface area contributed by atoms with Gasteiger partial charge in [-0.25, -0.2) is 0 Å². The molecule has 0 aromatic carbocycles. The summed E-state index contributed by atoms with van der Waals surface area (Å²) in [5.41, 5.74) is 0.379. The van der Waals surface area contributed by atoms with Crippen LogP contribution in [0.25, 0.3) is 0 Å². The van der Waals surface area contributed by atoms with Crippen molar-refractivity contribution in [1.82, 2.24) is 10.6 Å².